The standard InChI is InChI=1S/C11H9N3O/c1-7-13-11(14-15-7)9-3-2-4-10-8(9)5-6-12-10/h2-6,12H,1H3. The maximum absolute atomic E-state index is 4.97. The third kappa shape index (κ3) is 1.22. The second-order valence-corrected chi connectivity index (χ2v) is 3.38. The molecule has 0 atom stereocenters. The molecule has 3 aromatic rings. The third-order valence-electron chi connectivity index (χ3n) is 2.36. The van der Waals surface area contributed by atoms with Gasteiger partial charge in [0.15, 0.2) is 0 Å². The molecule has 3 rings (SSSR count). The largest absolute Gasteiger partial charge is 0.361 e. The maximum Gasteiger partial charge on any atom is 0.223 e. The molecule has 0 fully saturated rings. The van der Waals surface area contributed by atoms with E-state index in [1.807, 2.05) is 30.5 Å². The van der Waals surface area contributed by atoms with Crippen molar-refractivity contribution in [3.63, 3.8) is 0 Å². The Balaban J connectivity index is 2.30. The summed E-state index contributed by atoms with van der Waals surface area (Å²) in [4.78, 5) is 7.37. The van der Waals surface area contributed by atoms with Crippen LogP contribution in [0.1, 0.15) is 5.89 Å². The number of benzene rings is 1. The lowest BCUT2D eigenvalue weighted by Crippen LogP contribution is -1.81. The molecule has 0 aliphatic rings. The van der Waals surface area contributed by atoms with Gasteiger partial charge in [-0.2, -0.15) is 4.98 Å². The van der Waals surface area contributed by atoms with E-state index < -0.39 is 0 Å². The van der Waals surface area contributed by atoms with Crippen LogP contribution < -0.4 is 0 Å². The number of aromatic nitrogens is 3. The Morgan fingerprint density at radius 1 is 1.27 bits per heavy atom. The van der Waals surface area contributed by atoms with Gasteiger partial charge in [0.25, 0.3) is 0 Å². The Labute approximate surface area is 85.9 Å². The number of nitrogens with zero attached hydrogens (tertiary/aromatic N) is 2. The highest BCUT2D eigenvalue weighted by Crippen LogP contribution is 2.25. The first-order valence-corrected chi connectivity index (χ1v) is 4.71. The summed E-state index contributed by atoms with van der Waals surface area (Å²) in [6, 6.07) is 7.99. The van der Waals surface area contributed by atoms with Crippen LogP contribution in [0.15, 0.2) is 35.0 Å². The number of hydrogen-bond donors (Lipinski definition) is 1. The Kier molecular flexibility index (Phi) is 1.62. The maximum atomic E-state index is 4.97. The van der Waals surface area contributed by atoms with E-state index in [0.29, 0.717) is 11.7 Å². The van der Waals surface area contributed by atoms with Gasteiger partial charge in [0.05, 0.1) is 0 Å². The molecule has 0 aliphatic carbocycles. The zero-order valence-electron chi connectivity index (χ0n) is 8.19. The van der Waals surface area contributed by atoms with Crippen molar-refractivity contribution in [2.75, 3.05) is 0 Å². The third-order valence-corrected chi connectivity index (χ3v) is 2.36. The van der Waals surface area contributed by atoms with E-state index in [0.717, 1.165) is 16.5 Å². The number of hydrogen-bond acceptors (Lipinski definition) is 3. The average Bonchev–Trinajstić information content (AvgIpc) is 2.84. The summed E-state index contributed by atoms with van der Waals surface area (Å²) in [5.41, 5.74) is 2.07. The summed E-state index contributed by atoms with van der Waals surface area (Å²) in [6.45, 7) is 1.79. The second-order valence-electron chi connectivity index (χ2n) is 3.38. The molecule has 2 heterocycles. The second kappa shape index (κ2) is 2.95. The van der Waals surface area contributed by atoms with Gasteiger partial charge in [0.2, 0.25) is 11.7 Å². The van der Waals surface area contributed by atoms with Gasteiger partial charge >= 0.3 is 0 Å². The highest BCUT2D eigenvalue weighted by Gasteiger charge is 2.09. The van der Waals surface area contributed by atoms with Crippen LogP contribution in [-0.4, -0.2) is 15.1 Å². The molecular weight excluding hydrogens is 190 g/mol. The van der Waals surface area contributed by atoms with E-state index in [1.54, 1.807) is 6.92 Å². The summed E-state index contributed by atoms with van der Waals surface area (Å²) >= 11 is 0. The van der Waals surface area contributed by atoms with Crippen LogP contribution in [0.25, 0.3) is 22.3 Å². The van der Waals surface area contributed by atoms with Crippen LogP contribution >= 0.6 is 0 Å². The highest BCUT2D eigenvalue weighted by molar-refractivity contribution is 5.93. The molecule has 4 heteroatoms. The van der Waals surface area contributed by atoms with Crippen molar-refractivity contribution in [3.8, 4) is 11.4 Å². The van der Waals surface area contributed by atoms with Crippen LogP contribution in [0.5, 0.6) is 0 Å². The smallest absolute Gasteiger partial charge is 0.223 e. The molecule has 0 saturated heterocycles. The van der Waals surface area contributed by atoms with Gasteiger partial charge in [0.1, 0.15) is 0 Å². The van der Waals surface area contributed by atoms with Crippen LogP contribution in [0, 0.1) is 6.92 Å². The van der Waals surface area contributed by atoms with Crippen molar-refractivity contribution < 1.29 is 4.52 Å². The van der Waals surface area contributed by atoms with Gasteiger partial charge in [-0.15, -0.1) is 0 Å². The first kappa shape index (κ1) is 8.23. The highest BCUT2D eigenvalue weighted by atomic mass is 16.5. The van der Waals surface area contributed by atoms with Crippen molar-refractivity contribution in [2.24, 2.45) is 0 Å². The van der Waals surface area contributed by atoms with Crippen molar-refractivity contribution in [3.05, 3.63) is 36.4 Å². The number of aromatic amines is 1. The van der Waals surface area contributed by atoms with Crippen molar-refractivity contribution >= 4 is 10.9 Å². The molecular formula is C11H9N3O. The molecule has 15 heavy (non-hydrogen) atoms. The predicted molar refractivity (Wildman–Crippen MR) is 56.3 cm³/mol. The molecule has 0 unspecified atom stereocenters. The van der Waals surface area contributed by atoms with E-state index in [9.17, 15) is 0 Å². The molecule has 0 saturated carbocycles. The number of H-pyrrole nitrogens is 1. The fourth-order valence-electron chi connectivity index (χ4n) is 1.69. The summed E-state index contributed by atoms with van der Waals surface area (Å²) in [5, 5.41) is 5.03. The zero-order chi connectivity index (χ0) is 10.3. The number of aryl methyl sites for hydroxylation is 1. The SMILES string of the molecule is Cc1nc(-c2cccc3[nH]ccc23)no1. The monoisotopic (exact) mass is 199 g/mol. The summed E-state index contributed by atoms with van der Waals surface area (Å²) in [6.07, 6.45) is 1.90. The minimum atomic E-state index is 0.581. The molecule has 74 valence electrons. The van der Waals surface area contributed by atoms with Crippen molar-refractivity contribution in [1.29, 1.82) is 0 Å². The van der Waals surface area contributed by atoms with Crippen LogP contribution in [0.3, 0.4) is 0 Å². The fourth-order valence-corrected chi connectivity index (χ4v) is 1.69. The van der Waals surface area contributed by atoms with Crippen molar-refractivity contribution in [1.82, 2.24) is 15.1 Å². The molecule has 0 aliphatic heterocycles. The van der Waals surface area contributed by atoms with Gasteiger partial charge in [0, 0.05) is 29.6 Å². The zero-order valence-corrected chi connectivity index (χ0v) is 8.19. The molecule has 4 nitrogen and oxygen atoms in total. The van der Waals surface area contributed by atoms with Crippen molar-refractivity contribution in [2.45, 2.75) is 6.92 Å². The molecule has 0 radical (unpaired) electrons. The lowest BCUT2D eigenvalue weighted by molar-refractivity contribution is 0.394. The van der Waals surface area contributed by atoms with Crippen LogP contribution in [0.2, 0.25) is 0 Å². The van der Waals surface area contributed by atoms with Gasteiger partial charge in [-0.1, -0.05) is 17.3 Å². The average molecular weight is 199 g/mol. The molecule has 0 bridgehead atoms. The Morgan fingerprint density at radius 2 is 2.20 bits per heavy atom. The first-order chi connectivity index (χ1) is 7.34. The van der Waals surface area contributed by atoms with E-state index in [-0.39, 0.29) is 0 Å². The molecule has 0 spiro atoms. The minimum absolute atomic E-state index is 0.581. The van der Waals surface area contributed by atoms with E-state index in [4.69, 9.17) is 4.52 Å². The van der Waals surface area contributed by atoms with Gasteiger partial charge in [-0.3, -0.25) is 0 Å². The molecule has 1 N–H and O–H groups in total. The Morgan fingerprint density at radius 3 is 3.00 bits per heavy atom. The number of fused-ring (bicyclic) bond motifs is 1. The molecule has 0 amide bonds. The van der Waals surface area contributed by atoms with E-state index in [2.05, 4.69) is 15.1 Å². The Hall–Kier alpha value is -2.10. The van der Waals surface area contributed by atoms with Gasteiger partial charge in [-0.25, -0.2) is 0 Å². The molecule has 1 aromatic carbocycles. The van der Waals surface area contributed by atoms with Crippen LogP contribution in [0.4, 0.5) is 0 Å². The number of nitrogens with one attached hydrogen (secondary N) is 1. The normalized spacial score (nSPS) is 11.0. The summed E-state index contributed by atoms with van der Waals surface area (Å²) in [5.74, 6) is 1.22. The summed E-state index contributed by atoms with van der Waals surface area (Å²) in [7, 11) is 0. The minimum Gasteiger partial charge on any atom is -0.361 e. The van der Waals surface area contributed by atoms with E-state index in [1.165, 1.54) is 0 Å². The lowest BCUT2D eigenvalue weighted by Gasteiger charge is -1.96. The molecule has 2 aromatic heterocycles. The first-order valence-electron chi connectivity index (χ1n) is 4.71. The number of rotatable bonds is 1. The topological polar surface area (TPSA) is 54.7 Å². The van der Waals surface area contributed by atoms with Crippen LogP contribution in [-0.2, 0) is 0 Å². The van der Waals surface area contributed by atoms with Gasteiger partial charge in [-0.05, 0) is 12.1 Å². The summed E-state index contributed by atoms with van der Waals surface area (Å²) < 4.78 is 4.97. The predicted octanol–water partition coefficient (Wildman–Crippen LogP) is 2.53. The van der Waals surface area contributed by atoms with Gasteiger partial charge < -0.3 is 9.51 Å². The fraction of sp³-hybridized carbons (Fsp3) is 0.0909. The van der Waals surface area contributed by atoms with E-state index >= 15 is 0 Å². The quantitative estimate of drug-likeness (QED) is 0.655. The Bertz CT molecular complexity index is 609. The lowest BCUT2D eigenvalue weighted by atomic mass is 10.1.